The Labute approximate surface area is 216 Å². The lowest BCUT2D eigenvalue weighted by Crippen LogP contribution is -2.50. The molecule has 2 aromatic rings. The number of urea groups is 2. The van der Waals surface area contributed by atoms with Crippen molar-refractivity contribution in [2.45, 2.75) is 20.2 Å². The van der Waals surface area contributed by atoms with Gasteiger partial charge >= 0.3 is 24.4 Å². The molecule has 0 saturated carbocycles. The molecule has 0 saturated heterocycles. The van der Waals surface area contributed by atoms with Crippen LogP contribution < -0.4 is 9.64 Å². The van der Waals surface area contributed by atoms with Crippen LogP contribution in [0.15, 0.2) is 53.6 Å². The van der Waals surface area contributed by atoms with Crippen molar-refractivity contribution in [3.05, 3.63) is 59.1 Å². The van der Waals surface area contributed by atoms with Crippen molar-refractivity contribution >= 4 is 41.0 Å². The van der Waals surface area contributed by atoms with Gasteiger partial charge in [-0.1, -0.05) is 23.7 Å². The Morgan fingerprint density at radius 2 is 1.68 bits per heavy atom. The number of halogens is 4. The number of anilines is 1. The van der Waals surface area contributed by atoms with Crippen molar-refractivity contribution in [2.24, 2.45) is 10.5 Å². The first kappa shape index (κ1) is 27.8. The normalized spacial score (nSPS) is 17.2. The molecular formula is C24H24ClF3N4O5. The summed E-state index contributed by atoms with van der Waals surface area (Å²) in [5, 5.41) is 5.77. The van der Waals surface area contributed by atoms with Gasteiger partial charge in [0.1, 0.15) is 11.2 Å². The molecule has 1 aliphatic heterocycles. The van der Waals surface area contributed by atoms with Gasteiger partial charge in [-0.2, -0.15) is 5.10 Å². The predicted octanol–water partition coefficient (Wildman–Crippen LogP) is 5.14. The minimum absolute atomic E-state index is 0.0359. The van der Waals surface area contributed by atoms with E-state index in [1.807, 2.05) is 0 Å². The summed E-state index contributed by atoms with van der Waals surface area (Å²) < 4.78 is 46.7. The van der Waals surface area contributed by atoms with E-state index in [9.17, 15) is 27.6 Å². The number of hydrazone groups is 1. The van der Waals surface area contributed by atoms with Crippen LogP contribution in [0.25, 0.3) is 0 Å². The summed E-state index contributed by atoms with van der Waals surface area (Å²) in [6.45, 7) is 3.04. The topological polar surface area (TPSA) is 91.8 Å². The fourth-order valence-corrected chi connectivity index (χ4v) is 3.73. The van der Waals surface area contributed by atoms with E-state index in [1.54, 1.807) is 38.1 Å². The average Bonchev–Trinajstić information content (AvgIpc) is 3.18. The monoisotopic (exact) mass is 540 g/mol. The molecule has 1 aliphatic rings. The van der Waals surface area contributed by atoms with E-state index in [0.29, 0.717) is 10.6 Å². The largest absolute Gasteiger partial charge is 0.573 e. The zero-order chi connectivity index (χ0) is 27.5. The summed E-state index contributed by atoms with van der Waals surface area (Å²) in [7, 11) is 2.80. The number of imide groups is 1. The predicted molar refractivity (Wildman–Crippen MR) is 130 cm³/mol. The van der Waals surface area contributed by atoms with Crippen molar-refractivity contribution in [1.82, 2.24) is 9.91 Å². The van der Waals surface area contributed by atoms with Crippen LogP contribution in [0.1, 0.15) is 19.4 Å². The number of nitrogens with zero attached hydrogens (tertiary/aromatic N) is 4. The zero-order valence-electron chi connectivity index (χ0n) is 20.4. The summed E-state index contributed by atoms with van der Waals surface area (Å²) in [5.41, 5.74) is -0.681. The summed E-state index contributed by atoms with van der Waals surface area (Å²) in [5.74, 6) is -1.15. The van der Waals surface area contributed by atoms with Gasteiger partial charge in [0.2, 0.25) is 0 Å². The second kappa shape index (κ2) is 10.7. The highest BCUT2D eigenvalue weighted by Crippen LogP contribution is 2.35. The SMILES string of the molecule is CCOC(=O)C1(C)CN(C(=O)N(C(=O)N(C)C)c2ccc(OC(F)(F)F)cc2)N=C1c1ccc(Cl)cc1. The molecule has 0 bridgehead atoms. The molecule has 1 heterocycles. The molecule has 37 heavy (non-hydrogen) atoms. The smallest absolute Gasteiger partial charge is 0.465 e. The quantitative estimate of drug-likeness (QED) is 0.490. The molecule has 13 heteroatoms. The third-order valence-corrected chi connectivity index (χ3v) is 5.62. The van der Waals surface area contributed by atoms with Crippen LogP contribution in [0, 0.1) is 5.41 Å². The number of carbonyl (C=O) groups is 3. The standard InChI is InChI=1S/C24H24ClF3N4O5/c1-5-36-20(33)23(2)14-31(29-19(23)15-6-8-16(25)9-7-15)22(35)32(21(34)30(3)4)17-10-12-18(13-11-17)37-24(26,27)28/h6-13H,5,14H2,1-4H3. The van der Waals surface area contributed by atoms with Crippen molar-refractivity contribution in [1.29, 1.82) is 0 Å². The molecular weight excluding hydrogens is 517 g/mol. The first-order chi connectivity index (χ1) is 17.3. The summed E-state index contributed by atoms with van der Waals surface area (Å²) in [4.78, 5) is 41.4. The van der Waals surface area contributed by atoms with Gasteiger partial charge in [-0.15, -0.1) is 13.2 Å². The number of benzene rings is 2. The van der Waals surface area contributed by atoms with Gasteiger partial charge in [-0.3, -0.25) is 4.79 Å². The molecule has 0 aliphatic carbocycles. The number of hydrogen-bond donors (Lipinski definition) is 0. The van der Waals surface area contributed by atoms with E-state index in [1.165, 1.54) is 14.1 Å². The van der Waals surface area contributed by atoms with E-state index in [4.69, 9.17) is 16.3 Å². The maximum atomic E-state index is 13.6. The van der Waals surface area contributed by atoms with Gasteiger partial charge in [-0.25, -0.2) is 19.5 Å². The van der Waals surface area contributed by atoms with Crippen LogP contribution in [0.2, 0.25) is 5.02 Å². The van der Waals surface area contributed by atoms with E-state index in [-0.39, 0.29) is 24.6 Å². The van der Waals surface area contributed by atoms with Crippen molar-refractivity contribution in [3.63, 3.8) is 0 Å². The summed E-state index contributed by atoms with van der Waals surface area (Å²) in [6, 6.07) is 8.95. The number of hydrogen-bond acceptors (Lipinski definition) is 6. The fraction of sp³-hybridized carbons (Fsp3) is 0.333. The molecule has 0 fully saturated rings. The number of rotatable bonds is 5. The molecule has 3 rings (SSSR count). The van der Waals surface area contributed by atoms with Crippen LogP contribution in [-0.4, -0.2) is 67.3 Å². The lowest BCUT2D eigenvalue weighted by atomic mass is 9.82. The van der Waals surface area contributed by atoms with Crippen LogP contribution in [0.4, 0.5) is 28.4 Å². The molecule has 0 N–H and O–H groups in total. The lowest BCUT2D eigenvalue weighted by Gasteiger charge is -2.28. The summed E-state index contributed by atoms with van der Waals surface area (Å²) >= 11 is 5.99. The molecule has 0 aromatic heterocycles. The molecule has 0 radical (unpaired) electrons. The minimum Gasteiger partial charge on any atom is -0.465 e. The Bertz CT molecular complexity index is 1200. The molecule has 1 unspecified atom stereocenters. The highest BCUT2D eigenvalue weighted by atomic mass is 35.5. The van der Waals surface area contributed by atoms with Crippen LogP contribution in [0.3, 0.4) is 0 Å². The van der Waals surface area contributed by atoms with E-state index in [2.05, 4.69) is 9.84 Å². The Hall–Kier alpha value is -3.80. The summed E-state index contributed by atoms with van der Waals surface area (Å²) in [6.07, 6.45) is -4.91. The maximum Gasteiger partial charge on any atom is 0.573 e. The number of carbonyl (C=O) groups excluding carboxylic acids is 3. The third-order valence-electron chi connectivity index (χ3n) is 5.37. The number of amides is 4. The van der Waals surface area contributed by atoms with E-state index >= 15 is 0 Å². The van der Waals surface area contributed by atoms with E-state index < -0.39 is 35.6 Å². The maximum absolute atomic E-state index is 13.6. The Morgan fingerprint density at radius 3 is 2.19 bits per heavy atom. The first-order valence-corrected chi connectivity index (χ1v) is 11.4. The highest BCUT2D eigenvalue weighted by molar-refractivity contribution is 6.30. The fourth-order valence-electron chi connectivity index (χ4n) is 3.60. The van der Waals surface area contributed by atoms with Gasteiger partial charge in [0, 0.05) is 19.1 Å². The van der Waals surface area contributed by atoms with Crippen LogP contribution >= 0.6 is 11.6 Å². The molecule has 1 atom stereocenters. The molecule has 2 aromatic carbocycles. The van der Waals surface area contributed by atoms with Gasteiger partial charge in [-0.05, 0) is 55.8 Å². The Balaban J connectivity index is 2.02. The first-order valence-electron chi connectivity index (χ1n) is 11.0. The minimum atomic E-state index is -4.91. The van der Waals surface area contributed by atoms with E-state index in [0.717, 1.165) is 39.1 Å². The Morgan fingerprint density at radius 1 is 1.08 bits per heavy atom. The molecule has 4 amide bonds. The average molecular weight is 541 g/mol. The van der Waals surface area contributed by atoms with Gasteiger partial charge in [0.05, 0.1) is 24.6 Å². The van der Waals surface area contributed by atoms with Crippen molar-refractivity contribution in [3.8, 4) is 5.75 Å². The van der Waals surface area contributed by atoms with Crippen molar-refractivity contribution in [2.75, 3.05) is 32.1 Å². The molecule has 9 nitrogen and oxygen atoms in total. The number of ether oxygens (including phenoxy) is 2. The zero-order valence-corrected chi connectivity index (χ0v) is 21.1. The van der Waals surface area contributed by atoms with Crippen molar-refractivity contribution < 1.29 is 37.0 Å². The van der Waals surface area contributed by atoms with Crippen LogP contribution in [-0.2, 0) is 9.53 Å². The van der Waals surface area contributed by atoms with Gasteiger partial charge in [0.15, 0.2) is 0 Å². The highest BCUT2D eigenvalue weighted by Gasteiger charge is 2.50. The van der Waals surface area contributed by atoms with Crippen LogP contribution in [0.5, 0.6) is 5.75 Å². The second-order valence-corrected chi connectivity index (χ2v) is 8.84. The molecule has 198 valence electrons. The molecule has 0 spiro atoms. The van der Waals surface area contributed by atoms with Gasteiger partial charge < -0.3 is 14.4 Å². The second-order valence-electron chi connectivity index (χ2n) is 8.40. The lowest BCUT2D eigenvalue weighted by molar-refractivity contribution is -0.274. The third kappa shape index (κ3) is 6.13. The van der Waals surface area contributed by atoms with Gasteiger partial charge in [0.25, 0.3) is 0 Å². The number of esters is 1. The Kier molecular flexibility index (Phi) is 8.01. The number of alkyl halides is 3.